The number of hydrogen-bond acceptors (Lipinski definition) is 0. The third-order valence-corrected chi connectivity index (χ3v) is 2.29. The maximum atomic E-state index is 3.88. The van der Waals surface area contributed by atoms with E-state index >= 15 is 0 Å². The highest BCUT2D eigenvalue weighted by atomic mass is 14.3. The molecular formula is C11H13. The summed E-state index contributed by atoms with van der Waals surface area (Å²) in [5.74, 6) is 0.876. The van der Waals surface area contributed by atoms with E-state index in [0.717, 1.165) is 12.3 Å². The fraction of sp³-hybridized carbons (Fsp3) is 0.364. The molecule has 1 fully saturated rings. The zero-order chi connectivity index (χ0) is 7.68. The van der Waals surface area contributed by atoms with Crippen molar-refractivity contribution < 1.29 is 0 Å². The Labute approximate surface area is 68.3 Å². The first kappa shape index (κ1) is 6.90. The summed E-state index contributed by atoms with van der Waals surface area (Å²) in [5.41, 5.74) is 2.89. The second-order valence-corrected chi connectivity index (χ2v) is 3.27. The third-order valence-electron chi connectivity index (χ3n) is 2.29. The van der Waals surface area contributed by atoms with E-state index in [-0.39, 0.29) is 0 Å². The Morgan fingerprint density at radius 3 is 2.82 bits per heavy atom. The molecule has 0 unspecified atom stereocenters. The fourth-order valence-electron chi connectivity index (χ4n) is 1.42. The van der Waals surface area contributed by atoms with Gasteiger partial charge in [0.15, 0.2) is 0 Å². The van der Waals surface area contributed by atoms with Crippen molar-refractivity contribution in [2.75, 3.05) is 0 Å². The van der Waals surface area contributed by atoms with Crippen molar-refractivity contribution >= 4 is 0 Å². The predicted octanol–water partition coefficient (Wildman–Crippen LogP) is 2.94. The summed E-state index contributed by atoms with van der Waals surface area (Å²) in [6, 6.07) is 8.83. The summed E-state index contributed by atoms with van der Waals surface area (Å²) >= 11 is 0. The van der Waals surface area contributed by atoms with E-state index in [4.69, 9.17) is 0 Å². The van der Waals surface area contributed by atoms with Crippen molar-refractivity contribution in [2.45, 2.75) is 25.2 Å². The van der Waals surface area contributed by atoms with E-state index in [0.29, 0.717) is 0 Å². The van der Waals surface area contributed by atoms with E-state index in [1.807, 2.05) is 0 Å². The Kier molecular flexibility index (Phi) is 1.69. The Hall–Kier alpha value is -0.780. The van der Waals surface area contributed by atoms with Crippen LogP contribution < -0.4 is 0 Å². The maximum Gasteiger partial charge on any atom is -0.0161 e. The zero-order valence-corrected chi connectivity index (χ0v) is 6.72. The van der Waals surface area contributed by atoms with Crippen molar-refractivity contribution in [3.05, 3.63) is 42.3 Å². The Balaban J connectivity index is 2.26. The zero-order valence-electron chi connectivity index (χ0n) is 6.72. The van der Waals surface area contributed by atoms with E-state index in [9.17, 15) is 0 Å². The highest BCUT2D eigenvalue weighted by Crippen LogP contribution is 2.40. The Morgan fingerprint density at radius 1 is 1.36 bits per heavy atom. The number of hydrogen-bond donors (Lipinski definition) is 0. The minimum Gasteiger partial charge on any atom is -0.0617 e. The maximum absolute atomic E-state index is 3.88. The molecule has 1 aromatic carbocycles. The molecule has 0 spiro atoms. The molecule has 0 bridgehead atoms. The van der Waals surface area contributed by atoms with Gasteiger partial charge in [-0.1, -0.05) is 24.3 Å². The van der Waals surface area contributed by atoms with E-state index in [1.165, 1.54) is 24.0 Å². The largest absolute Gasteiger partial charge is 0.0617 e. The van der Waals surface area contributed by atoms with Gasteiger partial charge in [0.05, 0.1) is 0 Å². The van der Waals surface area contributed by atoms with E-state index in [1.54, 1.807) is 0 Å². The molecule has 1 aliphatic carbocycles. The Morgan fingerprint density at radius 2 is 2.18 bits per heavy atom. The third kappa shape index (κ3) is 1.45. The van der Waals surface area contributed by atoms with Crippen molar-refractivity contribution in [1.82, 2.24) is 0 Å². The van der Waals surface area contributed by atoms with Crippen LogP contribution in [0, 0.1) is 6.92 Å². The molecule has 1 radical (unpaired) electrons. The molecular weight excluding hydrogens is 132 g/mol. The first-order valence-electron chi connectivity index (χ1n) is 4.28. The minimum atomic E-state index is 0.876. The molecule has 1 aromatic rings. The molecule has 0 aromatic heterocycles. The van der Waals surface area contributed by atoms with Gasteiger partial charge in [-0.3, -0.25) is 0 Å². The van der Waals surface area contributed by atoms with Crippen molar-refractivity contribution in [1.29, 1.82) is 0 Å². The van der Waals surface area contributed by atoms with Gasteiger partial charge in [-0.15, -0.1) is 0 Å². The normalized spacial score (nSPS) is 16.8. The highest BCUT2D eigenvalue weighted by Gasteiger charge is 2.22. The molecule has 0 aliphatic heterocycles. The van der Waals surface area contributed by atoms with Crippen molar-refractivity contribution in [3.8, 4) is 0 Å². The molecule has 0 heteroatoms. The molecule has 0 heterocycles. The molecule has 2 rings (SSSR count). The average Bonchev–Trinajstić information content (AvgIpc) is 2.87. The summed E-state index contributed by atoms with van der Waals surface area (Å²) < 4.78 is 0. The lowest BCUT2D eigenvalue weighted by molar-refractivity contribution is 1.11. The van der Waals surface area contributed by atoms with Gasteiger partial charge in [0.2, 0.25) is 0 Å². The first-order chi connectivity index (χ1) is 5.40. The quantitative estimate of drug-likeness (QED) is 0.600. The van der Waals surface area contributed by atoms with Gasteiger partial charge in [-0.05, 0) is 43.2 Å². The molecule has 57 valence electrons. The molecule has 0 amide bonds. The molecule has 11 heavy (non-hydrogen) atoms. The lowest BCUT2D eigenvalue weighted by Crippen LogP contribution is -1.83. The smallest absolute Gasteiger partial charge is 0.0161 e. The van der Waals surface area contributed by atoms with Crippen molar-refractivity contribution in [3.63, 3.8) is 0 Å². The molecule has 0 saturated heterocycles. The highest BCUT2D eigenvalue weighted by molar-refractivity contribution is 5.29. The van der Waals surface area contributed by atoms with Crippen LogP contribution in [0.4, 0.5) is 0 Å². The second-order valence-electron chi connectivity index (χ2n) is 3.27. The topological polar surface area (TPSA) is 0 Å². The van der Waals surface area contributed by atoms with Crippen LogP contribution in [-0.2, 0) is 6.42 Å². The summed E-state index contributed by atoms with van der Waals surface area (Å²) in [4.78, 5) is 0. The van der Waals surface area contributed by atoms with Crippen LogP contribution in [0.15, 0.2) is 24.3 Å². The predicted molar refractivity (Wildman–Crippen MR) is 47.5 cm³/mol. The number of benzene rings is 1. The van der Waals surface area contributed by atoms with Crippen LogP contribution in [0.5, 0.6) is 0 Å². The fourth-order valence-corrected chi connectivity index (χ4v) is 1.42. The van der Waals surface area contributed by atoms with E-state index in [2.05, 4.69) is 31.2 Å². The van der Waals surface area contributed by atoms with Gasteiger partial charge in [0, 0.05) is 0 Å². The molecule has 0 nitrogen and oxygen atoms in total. The summed E-state index contributed by atoms with van der Waals surface area (Å²) in [7, 11) is 0. The average molecular weight is 145 g/mol. The molecule has 0 N–H and O–H groups in total. The van der Waals surface area contributed by atoms with Gasteiger partial charge in [0.25, 0.3) is 0 Å². The summed E-state index contributed by atoms with van der Waals surface area (Å²) in [6.45, 7) is 3.88. The monoisotopic (exact) mass is 145 g/mol. The summed E-state index contributed by atoms with van der Waals surface area (Å²) in [5, 5.41) is 0. The minimum absolute atomic E-state index is 0.876. The SMILES string of the molecule is [CH2]Cc1cccc(C2CC2)c1. The van der Waals surface area contributed by atoms with Gasteiger partial charge in [-0.25, -0.2) is 0 Å². The Bertz CT molecular complexity index is 246. The second kappa shape index (κ2) is 2.69. The van der Waals surface area contributed by atoms with Crippen LogP contribution in [0.25, 0.3) is 0 Å². The van der Waals surface area contributed by atoms with Gasteiger partial charge in [0.1, 0.15) is 0 Å². The number of rotatable bonds is 2. The standard InChI is InChI=1S/C11H13/c1-2-9-4-3-5-11(8-9)10-6-7-10/h3-5,8,10H,1-2,6-7H2. The van der Waals surface area contributed by atoms with Gasteiger partial charge < -0.3 is 0 Å². The van der Waals surface area contributed by atoms with Crippen LogP contribution in [0.2, 0.25) is 0 Å². The molecule has 0 atom stereocenters. The molecule has 1 aliphatic rings. The summed E-state index contributed by atoms with van der Waals surface area (Å²) in [6.07, 6.45) is 3.70. The van der Waals surface area contributed by atoms with Crippen LogP contribution in [0.1, 0.15) is 29.9 Å². The lowest BCUT2D eigenvalue weighted by Gasteiger charge is -2.00. The van der Waals surface area contributed by atoms with Crippen LogP contribution >= 0.6 is 0 Å². The van der Waals surface area contributed by atoms with Crippen LogP contribution in [0.3, 0.4) is 0 Å². The van der Waals surface area contributed by atoms with Gasteiger partial charge in [-0.2, -0.15) is 0 Å². The van der Waals surface area contributed by atoms with E-state index < -0.39 is 0 Å². The van der Waals surface area contributed by atoms with Crippen molar-refractivity contribution in [2.24, 2.45) is 0 Å². The first-order valence-corrected chi connectivity index (χ1v) is 4.28. The molecule has 1 saturated carbocycles. The van der Waals surface area contributed by atoms with Crippen LogP contribution in [-0.4, -0.2) is 0 Å². The lowest BCUT2D eigenvalue weighted by atomic mass is 10.1. The van der Waals surface area contributed by atoms with Gasteiger partial charge >= 0.3 is 0 Å².